The van der Waals surface area contributed by atoms with Crippen LogP contribution in [0, 0.1) is 13.8 Å². The molecule has 1 aliphatic heterocycles. The molecule has 3 rings (SSSR count). The molecule has 2 aromatic heterocycles. The minimum Gasteiger partial charge on any atom is -0.466 e. The van der Waals surface area contributed by atoms with Gasteiger partial charge in [-0.05, 0) is 26.3 Å². The van der Waals surface area contributed by atoms with Crippen molar-refractivity contribution >= 4 is 17.8 Å². The Morgan fingerprint density at radius 3 is 2.73 bits per heavy atom. The van der Waals surface area contributed by atoms with E-state index in [0.717, 1.165) is 6.42 Å². The molecule has 3 heterocycles. The van der Waals surface area contributed by atoms with Crippen molar-refractivity contribution in [2.75, 3.05) is 52.3 Å². The summed E-state index contributed by atoms with van der Waals surface area (Å²) in [4.78, 5) is 38.2. The lowest BCUT2D eigenvalue weighted by Gasteiger charge is -2.19. The van der Waals surface area contributed by atoms with Gasteiger partial charge in [0.15, 0.2) is 0 Å². The Bertz CT molecular complexity index is 924. The van der Waals surface area contributed by atoms with Crippen LogP contribution in [0.15, 0.2) is 16.7 Å². The molecule has 1 fully saturated rings. The standard InChI is InChI=1S/C21H29N5O4/c1-13-10-16(14(2)30-13)20(28)26-8-6-15(12-26)18-17(19(27)22-7-9-29-5)11-23-21(24-18)25(3)4/h10-11,15H,6-9,12H2,1-5H3,(H,22,27). The van der Waals surface area contributed by atoms with E-state index in [-0.39, 0.29) is 17.7 Å². The first-order chi connectivity index (χ1) is 14.3. The van der Waals surface area contributed by atoms with Gasteiger partial charge in [0, 0.05) is 53.0 Å². The smallest absolute Gasteiger partial charge is 0.257 e. The third-order valence-corrected chi connectivity index (χ3v) is 5.18. The Morgan fingerprint density at radius 2 is 2.10 bits per heavy atom. The van der Waals surface area contributed by atoms with Crippen LogP contribution in [-0.2, 0) is 4.74 Å². The average Bonchev–Trinajstić information content (AvgIpc) is 3.33. The maximum atomic E-state index is 13.0. The van der Waals surface area contributed by atoms with E-state index in [9.17, 15) is 9.59 Å². The predicted octanol–water partition coefficient (Wildman–Crippen LogP) is 1.76. The van der Waals surface area contributed by atoms with Crippen LogP contribution < -0.4 is 10.2 Å². The second-order valence-corrected chi connectivity index (χ2v) is 7.68. The predicted molar refractivity (Wildman–Crippen MR) is 112 cm³/mol. The molecule has 0 radical (unpaired) electrons. The Hall–Kier alpha value is -2.94. The number of anilines is 1. The molecule has 0 saturated carbocycles. The van der Waals surface area contributed by atoms with E-state index in [4.69, 9.17) is 9.15 Å². The monoisotopic (exact) mass is 415 g/mol. The molecule has 0 aliphatic carbocycles. The van der Waals surface area contributed by atoms with Crippen LogP contribution in [0.25, 0.3) is 0 Å². The lowest BCUT2D eigenvalue weighted by Crippen LogP contribution is -2.31. The fraction of sp³-hybridized carbons (Fsp3) is 0.524. The summed E-state index contributed by atoms with van der Waals surface area (Å²) >= 11 is 0. The minimum absolute atomic E-state index is 0.0490. The van der Waals surface area contributed by atoms with Gasteiger partial charge in [-0.25, -0.2) is 9.97 Å². The number of nitrogens with zero attached hydrogens (tertiary/aromatic N) is 4. The molecule has 162 valence electrons. The van der Waals surface area contributed by atoms with Gasteiger partial charge in [0.1, 0.15) is 11.5 Å². The van der Waals surface area contributed by atoms with Gasteiger partial charge >= 0.3 is 0 Å². The second-order valence-electron chi connectivity index (χ2n) is 7.68. The third kappa shape index (κ3) is 4.62. The first kappa shape index (κ1) is 21.8. The zero-order valence-corrected chi connectivity index (χ0v) is 18.2. The Morgan fingerprint density at radius 1 is 1.33 bits per heavy atom. The molecule has 0 bridgehead atoms. The minimum atomic E-state index is -0.238. The quantitative estimate of drug-likeness (QED) is 0.688. The lowest BCUT2D eigenvalue weighted by molar-refractivity contribution is 0.0789. The summed E-state index contributed by atoms with van der Waals surface area (Å²) in [6.45, 7) is 5.54. The van der Waals surface area contributed by atoms with Crippen LogP contribution in [0.5, 0.6) is 0 Å². The fourth-order valence-electron chi connectivity index (χ4n) is 3.63. The van der Waals surface area contributed by atoms with E-state index in [2.05, 4.69) is 15.3 Å². The molecule has 1 N–H and O–H groups in total. The number of carbonyl (C=O) groups excluding carboxylic acids is 2. The summed E-state index contributed by atoms with van der Waals surface area (Å²) in [6, 6.07) is 1.77. The highest BCUT2D eigenvalue weighted by Crippen LogP contribution is 2.30. The maximum absolute atomic E-state index is 13.0. The molecule has 1 unspecified atom stereocenters. The van der Waals surface area contributed by atoms with E-state index in [1.807, 2.05) is 21.0 Å². The average molecular weight is 415 g/mol. The van der Waals surface area contributed by atoms with Crippen LogP contribution in [0.4, 0.5) is 5.95 Å². The largest absolute Gasteiger partial charge is 0.466 e. The van der Waals surface area contributed by atoms with E-state index in [1.165, 1.54) is 0 Å². The molecule has 9 nitrogen and oxygen atoms in total. The molecule has 9 heteroatoms. The molecular weight excluding hydrogens is 386 g/mol. The molecule has 2 amide bonds. The summed E-state index contributed by atoms with van der Waals surface area (Å²) in [5, 5.41) is 2.83. The number of methoxy groups -OCH3 is 1. The van der Waals surface area contributed by atoms with Crippen molar-refractivity contribution in [3.63, 3.8) is 0 Å². The Kier molecular flexibility index (Phi) is 6.71. The first-order valence-electron chi connectivity index (χ1n) is 9.99. The van der Waals surface area contributed by atoms with Crippen molar-refractivity contribution in [2.45, 2.75) is 26.2 Å². The van der Waals surface area contributed by atoms with E-state index in [1.54, 1.807) is 36.1 Å². The first-order valence-corrected chi connectivity index (χ1v) is 9.99. The molecule has 2 aromatic rings. The SMILES string of the molecule is COCCNC(=O)c1cnc(N(C)C)nc1C1CCN(C(=O)c2cc(C)oc2C)C1. The van der Waals surface area contributed by atoms with Gasteiger partial charge < -0.3 is 24.3 Å². The number of nitrogens with one attached hydrogen (secondary N) is 1. The fourth-order valence-corrected chi connectivity index (χ4v) is 3.63. The molecular formula is C21H29N5O4. The van der Waals surface area contributed by atoms with Crippen LogP contribution in [0.3, 0.4) is 0 Å². The topological polar surface area (TPSA) is 101 Å². The number of hydrogen-bond acceptors (Lipinski definition) is 7. The number of carbonyl (C=O) groups is 2. The maximum Gasteiger partial charge on any atom is 0.257 e. The van der Waals surface area contributed by atoms with E-state index >= 15 is 0 Å². The Labute approximate surface area is 176 Å². The third-order valence-electron chi connectivity index (χ3n) is 5.18. The number of aromatic nitrogens is 2. The zero-order chi connectivity index (χ0) is 21.8. The van der Waals surface area contributed by atoms with Crippen LogP contribution in [0.2, 0.25) is 0 Å². The van der Waals surface area contributed by atoms with E-state index < -0.39 is 0 Å². The number of ether oxygens (including phenoxy) is 1. The van der Waals surface area contributed by atoms with Gasteiger partial charge in [-0.1, -0.05) is 0 Å². The van der Waals surface area contributed by atoms with Gasteiger partial charge in [0.2, 0.25) is 5.95 Å². The van der Waals surface area contributed by atoms with Crippen molar-refractivity contribution < 1.29 is 18.7 Å². The summed E-state index contributed by atoms with van der Waals surface area (Å²) < 4.78 is 10.5. The van der Waals surface area contributed by atoms with Crippen molar-refractivity contribution in [1.82, 2.24) is 20.2 Å². The molecule has 1 saturated heterocycles. The lowest BCUT2D eigenvalue weighted by atomic mass is 9.99. The summed E-state index contributed by atoms with van der Waals surface area (Å²) in [5.74, 6) is 1.53. The number of aryl methyl sites for hydroxylation is 2. The number of amides is 2. The number of hydrogen-bond donors (Lipinski definition) is 1. The summed E-state index contributed by atoms with van der Waals surface area (Å²) in [6.07, 6.45) is 2.29. The van der Waals surface area contributed by atoms with Gasteiger partial charge in [0.25, 0.3) is 11.8 Å². The van der Waals surface area contributed by atoms with Crippen molar-refractivity contribution in [3.8, 4) is 0 Å². The highest BCUT2D eigenvalue weighted by Gasteiger charge is 2.33. The van der Waals surface area contributed by atoms with Gasteiger partial charge in [-0.15, -0.1) is 0 Å². The van der Waals surface area contributed by atoms with Crippen molar-refractivity contribution in [1.29, 1.82) is 0 Å². The highest BCUT2D eigenvalue weighted by atomic mass is 16.5. The normalized spacial score (nSPS) is 16.0. The molecule has 1 atom stereocenters. The van der Waals surface area contributed by atoms with Crippen LogP contribution in [0.1, 0.15) is 50.3 Å². The van der Waals surface area contributed by atoms with Crippen LogP contribution >= 0.6 is 0 Å². The van der Waals surface area contributed by atoms with Gasteiger partial charge in [0.05, 0.1) is 23.4 Å². The highest BCUT2D eigenvalue weighted by molar-refractivity contribution is 5.96. The van der Waals surface area contributed by atoms with Crippen LogP contribution in [-0.4, -0.2) is 74.1 Å². The molecule has 0 aromatic carbocycles. The van der Waals surface area contributed by atoms with Crippen molar-refractivity contribution in [2.24, 2.45) is 0 Å². The van der Waals surface area contributed by atoms with Gasteiger partial charge in [-0.3, -0.25) is 9.59 Å². The van der Waals surface area contributed by atoms with Crippen molar-refractivity contribution in [3.05, 3.63) is 40.6 Å². The number of furan rings is 1. The summed E-state index contributed by atoms with van der Waals surface area (Å²) in [5.41, 5.74) is 1.69. The van der Waals surface area contributed by atoms with Gasteiger partial charge in [-0.2, -0.15) is 0 Å². The zero-order valence-electron chi connectivity index (χ0n) is 18.2. The number of likely N-dealkylation sites (tertiary alicyclic amines) is 1. The Balaban J connectivity index is 1.83. The van der Waals surface area contributed by atoms with E-state index in [0.29, 0.717) is 60.5 Å². The second kappa shape index (κ2) is 9.25. The molecule has 0 spiro atoms. The number of rotatable bonds is 7. The molecule has 1 aliphatic rings. The molecule has 30 heavy (non-hydrogen) atoms. The summed E-state index contributed by atoms with van der Waals surface area (Å²) in [7, 11) is 5.29.